The number of aromatic carboxylic acids is 1. The molecule has 0 atom stereocenters. The van der Waals surface area contributed by atoms with Gasteiger partial charge < -0.3 is 15.3 Å². The molecule has 0 unspecified atom stereocenters. The number of anilines is 1. The van der Waals surface area contributed by atoms with Crippen molar-refractivity contribution in [2.24, 2.45) is 0 Å². The minimum Gasteiger partial charge on any atom is -0.477 e. The summed E-state index contributed by atoms with van der Waals surface area (Å²) in [6, 6.07) is 1.20. The van der Waals surface area contributed by atoms with Gasteiger partial charge in [-0.25, -0.2) is 9.78 Å². The molecule has 1 saturated heterocycles. The summed E-state index contributed by atoms with van der Waals surface area (Å²) in [5, 5.41) is 22.7. The molecule has 0 bridgehead atoms. The number of nitrogens with zero attached hydrogens (tertiary/aromatic N) is 3. The van der Waals surface area contributed by atoms with Crippen LogP contribution in [0, 0.1) is 10.1 Å². The van der Waals surface area contributed by atoms with Crippen molar-refractivity contribution in [3.8, 4) is 0 Å². The Bertz CT molecular complexity index is 529. The Morgan fingerprint density at radius 2 is 2.19 bits per heavy atom. The van der Waals surface area contributed by atoms with Crippen LogP contribution in [0.15, 0.2) is 12.3 Å². The number of likely N-dealkylation sites (tertiary alicyclic amines) is 1. The molecule has 2 heterocycles. The van der Waals surface area contributed by atoms with Crippen LogP contribution < -0.4 is 5.32 Å². The minimum absolute atomic E-state index is 0.347. The van der Waals surface area contributed by atoms with Crippen LogP contribution in [0.25, 0.3) is 0 Å². The molecule has 1 aromatic rings. The molecular weight excluding hydrogens is 276 g/mol. The van der Waals surface area contributed by atoms with Gasteiger partial charge in [0.15, 0.2) is 0 Å². The van der Waals surface area contributed by atoms with Gasteiger partial charge in [0.2, 0.25) is 0 Å². The highest BCUT2D eigenvalue weighted by Crippen LogP contribution is 2.20. The van der Waals surface area contributed by atoms with Gasteiger partial charge in [-0.3, -0.25) is 10.1 Å². The topological polar surface area (TPSA) is 109 Å². The van der Waals surface area contributed by atoms with Crippen molar-refractivity contribution >= 4 is 17.5 Å². The summed E-state index contributed by atoms with van der Waals surface area (Å²) in [4.78, 5) is 27.3. The maximum absolute atomic E-state index is 11.0. The lowest BCUT2D eigenvalue weighted by molar-refractivity contribution is -0.385. The molecule has 2 rings (SSSR count). The molecule has 1 aromatic heterocycles. The Balaban J connectivity index is 1.89. The second-order valence-electron chi connectivity index (χ2n) is 4.98. The number of hydrogen-bond donors (Lipinski definition) is 2. The molecule has 21 heavy (non-hydrogen) atoms. The third kappa shape index (κ3) is 4.12. The number of carboxylic acids is 1. The lowest BCUT2D eigenvalue weighted by Gasteiger charge is -2.14. The lowest BCUT2D eigenvalue weighted by Crippen LogP contribution is -2.22. The summed E-state index contributed by atoms with van der Waals surface area (Å²) in [6.45, 7) is 3.92. The van der Waals surface area contributed by atoms with Gasteiger partial charge in [-0.1, -0.05) is 0 Å². The maximum atomic E-state index is 11.0. The molecule has 0 amide bonds. The number of hydrogen-bond acceptors (Lipinski definition) is 6. The van der Waals surface area contributed by atoms with E-state index in [4.69, 9.17) is 5.11 Å². The summed E-state index contributed by atoms with van der Waals surface area (Å²) in [6.07, 6.45) is 4.39. The zero-order chi connectivity index (χ0) is 15.2. The zero-order valence-corrected chi connectivity index (χ0v) is 11.6. The van der Waals surface area contributed by atoms with Crippen molar-refractivity contribution in [2.75, 3.05) is 31.5 Å². The Morgan fingerprint density at radius 1 is 1.48 bits per heavy atom. The first kappa shape index (κ1) is 15.2. The van der Waals surface area contributed by atoms with Crippen molar-refractivity contribution in [1.29, 1.82) is 0 Å². The molecule has 8 heteroatoms. The molecular formula is C13H18N4O4. The van der Waals surface area contributed by atoms with E-state index in [2.05, 4.69) is 15.2 Å². The van der Waals surface area contributed by atoms with Gasteiger partial charge in [0.05, 0.1) is 4.92 Å². The summed E-state index contributed by atoms with van der Waals surface area (Å²) in [7, 11) is 0. The van der Waals surface area contributed by atoms with Crippen molar-refractivity contribution in [1.82, 2.24) is 9.88 Å². The van der Waals surface area contributed by atoms with Crippen molar-refractivity contribution in [3.63, 3.8) is 0 Å². The SMILES string of the molecule is O=C(O)c1cc(NCCCN2CCCC2)ncc1[N+](=O)[O-]. The van der Waals surface area contributed by atoms with Gasteiger partial charge in [0.25, 0.3) is 0 Å². The van der Waals surface area contributed by atoms with E-state index in [-0.39, 0.29) is 5.56 Å². The quantitative estimate of drug-likeness (QED) is 0.446. The second kappa shape index (κ2) is 6.98. The van der Waals surface area contributed by atoms with Crippen molar-refractivity contribution in [2.45, 2.75) is 19.3 Å². The second-order valence-corrected chi connectivity index (χ2v) is 4.98. The van der Waals surface area contributed by atoms with Gasteiger partial charge in [0, 0.05) is 12.6 Å². The minimum atomic E-state index is -1.33. The van der Waals surface area contributed by atoms with Crippen LogP contribution in [0.2, 0.25) is 0 Å². The highest BCUT2D eigenvalue weighted by atomic mass is 16.6. The number of rotatable bonds is 7. The molecule has 0 radical (unpaired) electrons. The van der Waals surface area contributed by atoms with Gasteiger partial charge in [0.1, 0.15) is 17.6 Å². The van der Waals surface area contributed by atoms with Crippen LogP contribution in [-0.4, -0.2) is 52.1 Å². The molecule has 0 spiro atoms. The molecule has 8 nitrogen and oxygen atoms in total. The first-order valence-corrected chi connectivity index (χ1v) is 6.92. The number of nitrogens with one attached hydrogen (secondary N) is 1. The van der Waals surface area contributed by atoms with E-state index in [1.165, 1.54) is 18.9 Å². The molecule has 1 fully saturated rings. The van der Waals surface area contributed by atoms with Crippen LogP contribution in [-0.2, 0) is 0 Å². The molecule has 2 N–H and O–H groups in total. The predicted molar refractivity (Wildman–Crippen MR) is 76.6 cm³/mol. The van der Waals surface area contributed by atoms with Crippen LogP contribution >= 0.6 is 0 Å². The van der Waals surface area contributed by atoms with E-state index in [1.54, 1.807) is 0 Å². The summed E-state index contributed by atoms with van der Waals surface area (Å²) >= 11 is 0. The number of aromatic nitrogens is 1. The number of nitro groups is 1. The van der Waals surface area contributed by atoms with E-state index >= 15 is 0 Å². The van der Waals surface area contributed by atoms with E-state index in [1.807, 2.05) is 0 Å². The van der Waals surface area contributed by atoms with Crippen LogP contribution in [0.4, 0.5) is 11.5 Å². The fourth-order valence-electron chi connectivity index (χ4n) is 2.39. The lowest BCUT2D eigenvalue weighted by atomic mass is 10.2. The summed E-state index contributed by atoms with van der Waals surface area (Å²) in [5.41, 5.74) is -0.845. The third-order valence-electron chi connectivity index (χ3n) is 3.47. The number of carbonyl (C=O) groups is 1. The highest BCUT2D eigenvalue weighted by molar-refractivity contribution is 5.93. The van der Waals surface area contributed by atoms with E-state index in [9.17, 15) is 14.9 Å². The fraction of sp³-hybridized carbons (Fsp3) is 0.538. The van der Waals surface area contributed by atoms with Crippen molar-refractivity contribution in [3.05, 3.63) is 27.9 Å². The van der Waals surface area contributed by atoms with E-state index < -0.39 is 16.6 Å². The standard InChI is InChI=1S/C13H18N4O4/c18-13(19)10-8-12(15-9-11(10)17(20)21)14-4-3-7-16-5-1-2-6-16/h8-9H,1-7H2,(H,14,15)(H,18,19). The summed E-state index contributed by atoms with van der Waals surface area (Å²) < 4.78 is 0. The fourth-order valence-corrected chi connectivity index (χ4v) is 2.39. The van der Waals surface area contributed by atoms with Crippen LogP contribution in [0.3, 0.4) is 0 Å². The Labute approximate surface area is 121 Å². The largest absolute Gasteiger partial charge is 0.477 e. The van der Waals surface area contributed by atoms with E-state index in [0.717, 1.165) is 32.3 Å². The molecule has 1 aliphatic heterocycles. The van der Waals surface area contributed by atoms with E-state index in [0.29, 0.717) is 12.4 Å². The first-order chi connectivity index (χ1) is 10.1. The molecule has 0 saturated carbocycles. The Morgan fingerprint density at radius 3 is 2.81 bits per heavy atom. The Kier molecular flexibility index (Phi) is 5.04. The molecule has 114 valence electrons. The highest BCUT2D eigenvalue weighted by Gasteiger charge is 2.20. The molecule has 0 aromatic carbocycles. The van der Waals surface area contributed by atoms with Gasteiger partial charge in [-0.05, 0) is 38.9 Å². The smallest absolute Gasteiger partial charge is 0.342 e. The zero-order valence-electron chi connectivity index (χ0n) is 11.6. The monoisotopic (exact) mass is 294 g/mol. The van der Waals surface area contributed by atoms with Gasteiger partial charge >= 0.3 is 11.7 Å². The molecule has 0 aliphatic carbocycles. The normalized spacial score (nSPS) is 15.0. The Hall–Kier alpha value is -2.22. The third-order valence-corrected chi connectivity index (χ3v) is 3.47. The van der Waals surface area contributed by atoms with Crippen LogP contribution in [0.1, 0.15) is 29.6 Å². The molecule has 1 aliphatic rings. The van der Waals surface area contributed by atoms with Crippen molar-refractivity contribution < 1.29 is 14.8 Å². The first-order valence-electron chi connectivity index (χ1n) is 6.92. The number of pyridine rings is 1. The number of carboxylic acid groups (broad SMARTS) is 1. The van der Waals surface area contributed by atoms with Crippen LogP contribution in [0.5, 0.6) is 0 Å². The summed E-state index contributed by atoms with van der Waals surface area (Å²) in [5.74, 6) is -0.983. The average Bonchev–Trinajstić information content (AvgIpc) is 2.96. The van der Waals surface area contributed by atoms with Gasteiger partial charge in [-0.15, -0.1) is 0 Å². The average molecular weight is 294 g/mol. The maximum Gasteiger partial charge on any atom is 0.342 e. The van der Waals surface area contributed by atoms with Gasteiger partial charge in [-0.2, -0.15) is 0 Å². The predicted octanol–water partition coefficient (Wildman–Crippen LogP) is 1.59.